The van der Waals surface area contributed by atoms with Crippen LogP contribution in [0.5, 0.6) is 5.75 Å². The molecule has 0 spiro atoms. The van der Waals surface area contributed by atoms with Gasteiger partial charge in [-0.05, 0) is 36.8 Å². The van der Waals surface area contributed by atoms with Crippen LogP contribution in [0, 0.1) is 18.3 Å². The number of hydrogen-bond donors (Lipinski definition) is 2. The van der Waals surface area contributed by atoms with Gasteiger partial charge in [0.15, 0.2) is 5.60 Å². The van der Waals surface area contributed by atoms with Crippen molar-refractivity contribution in [3.05, 3.63) is 41.0 Å². The number of pyridine rings is 1. The molecule has 6 nitrogen and oxygen atoms in total. The number of aromatic hydroxyl groups is 1. The van der Waals surface area contributed by atoms with E-state index < -0.39 is 11.3 Å². The Morgan fingerprint density at radius 3 is 2.69 bits per heavy atom. The standard InChI is InChI=1S/C20H19F2N4O2P/c1-11-4-13(20(21,22)29)5-15(27)16(11)14-3-2-12(17(24)26-14)6-25-18-7-19(8-18,9-23)28-10-18/h2-6,27H,7-8,10,29H2,1H3,(H2,24,26). The molecular weight excluding hydrogens is 397 g/mol. The number of nitrogen functional groups attached to an aromatic ring is 1. The number of benzene rings is 1. The second kappa shape index (κ2) is 6.45. The molecule has 29 heavy (non-hydrogen) atoms. The fourth-order valence-electron chi connectivity index (χ4n) is 3.96. The minimum atomic E-state index is -3.14. The summed E-state index contributed by atoms with van der Waals surface area (Å²) in [6.07, 6.45) is 2.75. The first-order valence-electron chi connectivity index (χ1n) is 8.95. The third-order valence-electron chi connectivity index (χ3n) is 5.44. The number of anilines is 1. The molecule has 1 unspecified atom stereocenters. The van der Waals surface area contributed by atoms with Crippen molar-refractivity contribution in [1.82, 2.24) is 4.98 Å². The van der Waals surface area contributed by atoms with E-state index in [0.29, 0.717) is 41.8 Å². The molecule has 0 radical (unpaired) electrons. The van der Waals surface area contributed by atoms with Crippen LogP contribution in [0.1, 0.15) is 29.5 Å². The topological polar surface area (TPSA) is 105 Å². The lowest BCUT2D eigenvalue weighted by Crippen LogP contribution is -2.46. The lowest BCUT2D eigenvalue weighted by Gasteiger charge is -2.36. The van der Waals surface area contributed by atoms with Crippen LogP contribution < -0.4 is 5.73 Å². The van der Waals surface area contributed by atoms with Crippen LogP contribution in [0.4, 0.5) is 14.6 Å². The number of nitrogens with two attached hydrogens (primary N) is 1. The maximum absolute atomic E-state index is 13.5. The van der Waals surface area contributed by atoms with E-state index in [9.17, 15) is 13.9 Å². The van der Waals surface area contributed by atoms with Crippen molar-refractivity contribution in [1.29, 1.82) is 5.26 Å². The summed E-state index contributed by atoms with van der Waals surface area (Å²) in [6.45, 7) is 2.03. The number of aryl methyl sites for hydroxylation is 1. The van der Waals surface area contributed by atoms with E-state index in [4.69, 9.17) is 15.7 Å². The number of fused-ring (bicyclic) bond motifs is 1. The van der Waals surface area contributed by atoms with Crippen LogP contribution in [0.25, 0.3) is 11.3 Å². The molecule has 5 rings (SSSR count). The highest BCUT2D eigenvalue weighted by molar-refractivity contribution is 7.17. The van der Waals surface area contributed by atoms with E-state index in [1.54, 1.807) is 25.3 Å². The Bertz CT molecular complexity index is 1050. The summed E-state index contributed by atoms with van der Waals surface area (Å²) in [5.41, 5.74) is 3.32. The Hall–Kier alpha value is -2.62. The third kappa shape index (κ3) is 3.35. The second-order valence-electron chi connectivity index (χ2n) is 7.71. The van der Waals surface area contributed by atoms with Crippen molar-refractivity contribution >= 4 is 21.3 Å². The summed E-state index contributed by atoms with van der Waals surface area (Å²) in [7, 11) is 1.45. The van der Waals surface area contributed by atoms with Crippen LogP contribution >= 0.6 is 9.24 Å². The van der Waals surface area contributed by atoms with Crippen LogP contribution in [0.3, 0.4) is 0 Å². The van der Waals surface area contributed by atoms with Crippen LogP contribution in [-0.4, -0.2) is 34.1 Å². The van der Waals surface area contributed by atoms with Gasteiger partial charge < -0.3 is 15.6 Å². The lowest BCUT2D eigenvalue weighted by molar-refractivity contribution is 0.0534. The zero-order valence-electron chi connectivity index (χ0n) is 15.6. The average molecular weight is 416 g/mol. The molecule has 1 aromatic carbocycles. The third-order valence-corrected chi connectivity index (χ3v) is 5.77. The van der Waals surface area contributed by atoms with Crippen molar-refractivity contribution in [2.45, 2.75) is 36.6 Å². The van der Waals surface area contributed by atoms with Gasteiger partial charge in [0.05, 0.1) is 23.9 Å². The lowest BCUT2D eigenvalue weighted by atomic mass is 9.69. The number of nitrogens with zero attached hydrogens (tertiary/aromatic N) is 3. The van der Waals surface area contributed by atoms with Gasteiger partial charge in [0, 0.05) is 35.7 Å². The molecule has 3 heterocycles. The van der Waals surface area contributed by atoms with Gasteiger partial charge in [-0.2, -0.15) is 14.0 Å². The summed E-state index contributed by atoms with van der Waals surface area (Å²) in [5.74, 6) is -0.0913. The summed E-state index contributed by atoms with van der Waals surface area (Å²) in [4.78, 5) is 8.88. The van der Waals surface area contributed by atoms with E-state index in [0.717, 1.165) is 6.07 Å². The average Bonchev–Trinajstić information content (AvgIpc) is 3.16. The van der Waals surface area contributed by atoms with Gasteiger partial charge in [-0.25, -0.2) is 4.98 Å². The number of alkyl halides is 2. The Balaban J connectivity index is 1.60. The molecule has 1 aliphatic carbocycles. The molecule has 2 aromatic rings. The molecular formula is C20H19F2N4O2P. The number of aromatic nitrogens is 1. The highest BCUT2D eigenvalue weighted by Gasteiger charge is 2.63. The summed E-state index contributed by atoms with van der Waals surface area (Å²) < 4.78 is 32.6. The minimum Gasteiger partial charge on any atom is -0.507 e. The number of halogens is 2. The Morgan fingerprint density at radius 1 is 1.41 bits per heavy atom. The number of ether oxygens (including phenoxy) is 1. The van der Waals surface area contributed by atoms with Gasteiger partial charge in [0.25, 0.3) is 5.66 Å². The van der Waals surface area contributed by atoms with Gasteiger partial charge in [-0.1, -0.05) is 9.24 Å². The summed E-state index contributed by atoms with van der Waals surface area (Å²) in [6, 6.07) is 7.89. The summed E-state index contributed by atoms with van der Waals surface area (Å²) >= 11 is 0. The normalized spacial score (nSPS) is 25.8. The SMILES string of the molecule is Cc1cc(C(F)(F)P)cc(O)c1-c1ccc(C=NC23COC(C#N)(C2)C3)c(N)n1. The van der Waals surface area contributed by atoms with Crippen molar-refractivity contribution in [3.8, 4) is 23.1 Å². The smallest absolute Gasteiger partial charge is 0.284 e. The van der Waals surface area contributed by atoms with Crippen LogP contribution in [-0.2, 0) is 10.4 Å². The number of nitriles is 1. The molecule has 3 fully saturated rings. The molecule has 1 saturated carbocycles. The molecule has 0 amide bonds. The number of rotatable bonds is 4. The first-order valence-corrected chi connectivity index (χ1v) is 9.52. The fraction of sp³-hybridized carbons (Fsp3) is 0.350. The highest BCUT2D eigenvalue weighted by Crippen LogP contribution is 2.53. The highest BCUT2D eigenvalue weighted by atomic mass is 31.0. The first kappa shape index (κ1) is 19.7. The maximum Gasteiger partial charge on any atom is 0.284 e. The molecule has 2 saturated heterocycles. The van der Waals surface area contributed by atoms with Gasteiger partial charge in [-0.3, -0.25) is 4.99 Å². The first-order chi connectivity index (χ1) is 13.6. The quantitative estimate of drug-likeness (QED) is 0.586. The van der Waals surface area contributed by atoms with E-state index >= 15 is 0 Å². The number of phenolic OH excluding ortho intramolecular Hbond substituents is 1. The molecule has 1 atom stereocenters. The van der Waals surface area contributed by atoms with E-state index in [-0.39, 0.29) is 22.7 Å². The largest absolute Gasteiger partial charge is 0.507 e. The summed E-state index contributed by atoms with van der Waals surface area (Å²) in [5, 5.41) is 19.4. The Kier molecular flexibility index (Phi) is 4.38. The van der Waals surface area contributed by atoms with Crippen LogP contribution in [0.2, 0.25) is 0 Å². The van der Waals surface area contributed by atoms with Crippen LogP contribution in [0.15, 0.2) is 29.3 Å². The van der Waals surface area contributed by atoms with E-state index in [1.165, 1.54) is 15.3 Å². The monoisotopic (exact) mass is 416 g/mol. The van der Waals surface area contributed by atoms with E-state index in [1.807, 2.05) is 0 Å². The molecule has 9 heteroatoms. The fourth-order valence-corrected chi connectivity index (χ4v) is 4.13. The van der Waals surface area contributed by atoms with Crippen molar-refractivity contribution in [2.24, 2.45) is 4.99 Å². The van der Waals surface area contributed by atoms with Gasteiger partial charge in [0.2, 0.25) is 0 Å². The molecule has 150 valence electrons. The van der Waals surface area contributed by atoms with E-state index in [2.05, 4.69) is 16.0 Å². The molecule has 2 bridgehead atoms. The van der Waals surface area contributed by atoms with Crippen molar-refractivity contribution in [3.63, 3.8) is 0 Å². The van der Waals surface area contributed by atoms with Crippen molar-refractivity contribution < 1.29 is 18.6 Å². The van der Waals surface area contributed by atoms with Gasteiger partial charge in [0.1, 0.15) is 11.6 Å². The Labute approximate surface area is 168 Å². The number of hydrogen-bond acceptors (Lipinski definition) is 6. The minimum absolute atomic E-state index is 0.201. The molecule has 2 aliphatic heterocycles. The molecule has 1 aromatic heterocycles. The molecule has 3 aliphatic rings. The Morgan fingerprint density at radius 2 is 2.14 bits per heavy atom. The predicted octanol–water partition coefficient (Wildman–Crippen LogP) is 3.51. The maximum atomic E-state index is 13.5. The number of aliphatic imine (C=N–C) groups is 1. The zero-order valence-corrected chi connectivity index (χ0v) is 16.8. The van der Waals surface area contributed by atoms with Gasteiger partial charge in [-0.15, -0.1) is 0 Å². The van der Waals surface area contributed by atoms with Crippen molar-refractivity contribution in [2.75, 3.05) is 12.3 Å². The second-order valence-corrected chi connectivity index (χ2v) is 8.44. The molecule has 3 N–H and O–H groups in total. The predicted molar refractivity (Wildman–Crippen MR) is 108 cm³/mol. The van der Waals surface area contributed by atoms with Gasteiger partial charge >= 0.3 is 0 Å². The zero-order chi connectivity index (χ0) is 21.0. The number of phenols is 1.